The van der Waals surface area contributed by atoms with E-state index in [9.17, 15) is 9.65 Å². The minimum Gasteiger partial charge on any atom is -0.496 e. The molecule has 0 aliphatic heterocycles. The quantitative estimate of drug-likeness (QED) is 0.867. The van der Waals surface area contributed by atoms with Gasteiger partial charge in [-0.05, 0) is 22.0 Å². The summed E-state index contributed by atoms with van der Waals surface area (Å²) in [4.78, 5) is 7.73. The average molecular weight is 338 g/mol. The normalized spacial score (nSPS) is 10.1. The fourth-order valence-electron chi connectivity index (χ4n) is 1.73. The first-order valence-electron chi connectivity index (χ1n) is 5.34. The number of methoxy groups -OCH3 is 1. The molecule has 2 rings (SSSR count). The van der Waals surface area contributed by atoms with Gasteiger partial charge in [-0.15, -0.1) is 0 Å². The van der Waals surface area contributed by atoms with E-state index in [1.807, 2.05) is 6.07 Å². The highest BCUT2D eigenvalue weighted by Crippen LogP contribution is 2.39. The monoisotopic (exact) mass is 337 g/mol. The number of nitrogen functional groups attached to an aromatic ring is 2. The van der Waals surface area contributed by atoms with E-state index in [2.05, 4.69) is 25.9 Å². The predicted molar refractivity (Wildman–Crippen MR) is 75.2 cm³/mol. The Morgan fingerprint density at radius 3 is 2.65 bits per heavy atom. The van der Waals surface area contributed by atoms with E-state index < -0.39 is 5.82 Å². The number of benzene rings is 1. The van der Waals surface area contributed by atoms with Crippen LogP contribution in [0.5, 0.6) is 5.75 Å². The SMILES string of the molecule is COc1cc(F)cc(Br)c1-c1nc(N)nc(N)c1C#N. The molecule has 102 valence electrons. The molecule has 2 aromatic rings. The minimum absolute atomic E-state index is 0.0461. The molecule has 0 spiro atoms. The second-order valence-electron chi connectivity index (χ2n) is 3.77. The van der Waals surface area contributed by atoms with Crippen LogP contribution in [-0.4, -0.2) is 17.1 Å². The van der Waals surface area contributed by atoms with Crippen LogP contribution in [0.15, 0.2) is 16.6 Å². The summed E-state index contributed by atoms with van der Waals surface area (Å²) < 4.78 is 18.9. The van der Waals surface area contributed by atoms with Crippen LogP contribution in [0.25, 0.3) is 11.3 Å². The van der Waals surface area contributed by atoms with Crippen molar-refractivity contribution >= 4 is 27.7 Å². The average Bonchev–Trinajstić information content (AvgIpc) is 2.36. The Morgan fingerprint density at radius 1 is 1.35 bits per heavy atom. The minimum atomic E-state index is -0.494. The molecule has 6 nitrogen and oxygen atoms in total. The predicted octanol–water partition coefficient (Wildman–Crippen LogP) is 2.09. The van der Waals surface area contributed by atoms with Crippen molar-refractivity contribution in [3.05, 3.63) is 28.0 Å². The highest BCUT2D eigenvalue weighted by atomic mass is 79.9. The third-order valence-corrected chi connectivity index (χ3v) is 3.17. The lowest BCUT2D eigenvalue weighted by molar-refractivity contribution is 0.412. The standard InChI is InChI=1S/C12H9BrFN5O/c1-20-8-3-5(14)2-7(13)9(8)10-6(4-15)11(16)19-12(17)18-10/h2-3H,1H3,(H4,16,17,18,19). The largest absolute Gasteiger partial charge is 0.496 e. The van der Waals surface area contributed by atoms with Crippen molar-refractivity contribution in [1.29, 1.82) is 5.26 Å². The van der Waals surface area contributed by atoms with Gasteiger partial charge in [-0.1, -0.05) is 0 Å². The Labute approximate surface area is 122 Å². The van der Waals surface area contributed by atoms with Crippen LogP contribution in [0.2, 0.25) is 0 Å². The number of hydrogen-bond donors (Lipinski definition) is 2. The fraction of sp³-hybridized carbons (Fsp3) is 0.0833. The number of rotatable bonds is 2. The Morgan fingerprint density at radius 2 is 2.05 bits per heavy atom. The molecule has 0 bridgehead atoms. The number of halogens is 2. The molecule has 4 N–H and O–H groups in total. The maximum atomic E-state index is 13.4. The van der Waals surface area contributed by atoms with E-state index in [4.69, 9.17) is 16.2 Å². The van der Waals surface area contributed by atoms with Crippen LogP contribution in [-0.2, 0) is 0 Å². The van der Waals surface area contributed by atoms with E-state index >= 15 is 0 Å². The van der Waals surface area contributed by atoms with Crippen molar-refractivity contribution < 1.29 is 9.13 Å². The molecular formula is C12H9BrFN5O. The van der Waals surface area contributed by atoms with Gasteiger partial charge in [0.2, 0.25) is 5.95 Å². The molecule has 0 unspecified atom stereocenters. The number of nitrogens with two attached hydrogens (primary N) is 2. The van der Waals surface area contributed by atoms with Crippen molar-refractivity contribution in [3.8, 4) is 23.1 Å². The molecule has 20 heavy (non-hydrogen) atoms. The second-order valence-corrected chi connectivity index (χ2v) is 4.62. The molecule has 0 amide bonds. The Bertz CT molecular complexity index is 729. The van der Waals surface area contributed by atoms with E-state index in [1.165, 1.54) is 19.2 Å². The van der Waals surface area contributed by atoms with Crippen LogP contribution in [0.4, 0.5) is 16.2 Å². The number of nitriles is 1. The summed E-state index contributed by atoms with van der Waals surface area (Å²) in [6, 6.07) is 4.31. The molecule has 1 heterocycles. The second kappa shape index (κ2) is 5.30. The third-order valence-electron chi connectivity index (χ3n) is 2.54. The fourth-order valence-corrected chi connectivity index (χ4v) is 2.33. The van der Waals surface area contributed by atoms with Crippen molar-refractivity contribution in [2.24, 2.45) is 0 Å². The van der Waals surface area contributed by atoms with Gasteiger partial charge in [0.15, 0.2) is 0 Å². The van der Waals surface area contributed by atoms with Crippen molar-refractivity contribution in [2.75, 3.05) is 18.6 Å². The van der Waals surface area contributed by atoms with Gasteiger partial charge >= 0.3 is 0 Å². The summed E-state index contributed by atoms with van der Waals surface area (Å²) in [6.45, 7) is 0. The first kappa shape index (κ1) is 14.0. The molecular weight excluding hydrogens is 329 g/mol. The van der Waals surface area contributed by atoms with Gasteiger partial charge in [-0.2, -0.15) is 10.2 Å². The highest BCUT2D eigenvalue weighted by Gasteiger charge is 2.20. The lowest BCUT2D eigenvalue weighted by Gasteiger charge is -2.12. The maximum absolute atomic E-state index is 13.4. The molecule has 0 aliphatic rings. The summed E-state index contributed by atoms with van der Waals surface area (Å²) in [6.07, 6.45) is 0. The highest BCUT2D eigenvalue weighted by molar-refractivity contribution is 9.10. The van der Waals surface area contributed by atoms with Crippen molar-refractivity contribution in [1.82, 2.24) is 9.97 Å². The van der Waals surface area contributed by atoms with E-state index in [1.54, 1.807) is 0 Å². The molecule has 1 aromatic heterocycles. The first-order valence-corrected chi connectivity index (χ1v) is 6.13. The number of nitrogens with zero attached hydrogens (tertiary/aromatic N) is 3. The Balaban J connectivity index is 2.85. The van der Waals surface area contributed by atoms with Gasteiger partial charge in [-0.25, -0.2) is 9.37 Å². The summed E-state index contributed by atoms with van der Waals surface area (Å²) >= 11 is 3.22. The molecule has 0 aliphatic carbocycles. The zero-order valence-corrected chi connectivity index (χ0v) is 11.9. The third kappa shape index (κ3) is 2.35. The number of hydrogen-bond acceptors (Lipinski definition) is 6. The molecule has 0 radical (unpaired) electrons. The van der Waals surface area contributed by atoms with Crippen molar-refractivity contribution in [3.63, 3.8) is 0 Å². The van der Waals surface area contributed by atoms with Crippen LogP contribution in [0, 0.1) is 17.1 Å². The zero-order chi connectivity index (χ0) is 14.9. The smallest absolute Gasteiger partial charge is 0.222 e. The van der Waals surface area contributed by atoms with Crippen LogP contribution in [0.1, 0.15) is 5.56 Å². The maximum Gasteiger partial charge on any atom is 0.222 e. The first-order chi connectivity index (χ1) is 9.47. The topological polar surface area (TPSA) is 111 Å². The summed E-state index contributed by atoms with van der Waals surface area (Å²) in [5, 5.41) is 9.18. The molecule has 0 atom stereocenters. The van der Waals surface area contributed by atoms with Gasteiger partial charge in [0.25, 0.3) is 0 Å². The number of aromatic nitrogens is 2. The molecule has 0 saturated carbocycles. The number of anilines is 2. The molecule has 1 aromatic carbocycles. The van der Waals surface area contributed by atoms with Gasteiger partial charge in [-0.3, -0.25) is 0 Å². The Hall–Kier alpha value is -2.40. The van der Waals surface area contributed by atoms with Crippen LogP contribution in [0.3, 0.4) is 0 Å². The van der Waals surface area contributed by atoms with Gasteiger partial charge in [0.1, 0.15) is 34.7 Å². The summed E-state index contributed by atoms with van der Waals surface area (Å²) in [5.41, 5.74) is 11.8. The molecule has 0 saturated heterocycles. The summed E-state index contributed by atoms with van der Waals surface area (Å²) in [7, 11) is 1.38. The van der Waals surface area contributed by atoms with E-state index in [0.717, 1.165) is 0 Å². The lowest BCUT2D eigenvalue weighted by Crippen LogP contribution is -2.06. The van der Waals surface area contributed by atoms with Crippen LogP contribution < -0.4 is 16.2 Å². The van der Waals surface area contributed by atoms with Gasteiger partial charge in [0, 0.05) is 10.5 Å². The Kier molecular flexibility index (Phi) is 3.72. The van der Waals surface area contributed by atoms with Gasteiger partial charge in [0.05, 0.1) is 12.7 Å². The zero-order valence-electron chi connectivity index (χ0n) is 10.3. The number of ether oxygens (including phenoxy) is 1. The van der Waals surface area contributed by atoms with E-state index in [-0.39, 0.29) is 28.8 Å². The molecule has 8 heteroatoms. The lowest BCUT2D eigenvalue weighted by atomic mass is 10.1. The summed E-state index contributed by atoms with van der Waals surface area (Å²) in [5.74, 6) is -0.431. The van der Waals surface area contributed by atoms with Crippen LogP contribution >= 0.6 is 15.9 Å². The molecule has 0 fully saturated rings. The van der Waals surface area contributed by atoms with Gasteiger partial charge < -0.3 is 16.2 Å². The van der Waals surface area contributed by atoms with E-state index in [0.29, 0.717) is 10.0 Å². The van der Waals surface area contributed by atoms with Crippen molar-refractivity contribution in [2.45, 2.75) is 0 Å².